The zero-order valence-electron chi connectivity index (χ0n) is 17.1. The first-order valence-corrected chi connectivity index (χ1v) is 10.2. The summed E-state index contributed by atoms with van der Waals surface area (Å²) in [6, 6.07) is 5.96. The zero-order chi connectivity index (χ0) is 20.1. The molecular formula is C22H23N7. The minimum absolute atomic E-state index is 0.123. The third kappa shape index (κ3) is 2.93. The van der Waals surface area contributed by atoms with Gasteiger partial charge < -0.3 is 15.5 Å². The lowest BCUT2D eigenvalue weighted by molar-refractivity contribution is 0.585. The molecule has 0 radical (unpaired) electrons. The number of piperazine rings is 1. The third-order valence-corrected chi connectivity index (χ3v) is 6.14. The van der Waals surface area contributed by atoms with Gasteiger partial charge in [0.2, 0.25) is 0 Å². The Hall–Kier alpha value is -3.06. The molecule has 0 bridgehead atoms. The van der Waals surface area contributed by atoms with Crippen molar-refractivity contribution >= 4 is 17.2 Å². The maximum absolute atomic E-state index is 8.23. The number of nitrogens with one attached hydrogen (secondary N) is 2. The Bertz CT molecular complexity index is 1090. The van der Waals surface area contributed by atoms with Crippen molar-refractivity contribution in [1.29, 1.82) is 0 Å². The highest BCUT2D eigenvalue weighted by molar-refractivity contribution is 6.15. The van der Waals surface area contributed by atoms with Crippen LogP contribution in [-0.2, 0) is 0 Å². The average molecular weight is 386 g/mol. The van der Waals surface area contributed by atoms with Crippen molar-refractivity contribution in [2.45, 2.75) is 12.8 Å². The fraction of sp³-hybridized carbons (Fsp3) is 0.364. The van der Waals surface area contributed by atoms with Crippen LogP contribution in [-0.4, -0.2) is 53.4 Å². The highest BCUT2D eigenvalue weighted by Crippen LogP contribution is 2.51. The molecule has 0 amide bonds. The Morgan fingerprint density at radius 3 is 2.79 bits per heavy atom. The number of nitrogens with zero attached hydrogens (tertiary/aromatic N) is 5. The minimum atomic E-state index is 0.123. The van der Waals surface area contributed by atoms with Gasteiger partial charge in [0.15, 0.2) is 5.82 Å². The Morgan fingerprint density at radius 2 is 2.00 bits per heavy atom. The number of rotatable bonds is 3. The molecule has 146 valence electrons. The van der Waals surface area contributed by atoms with E-state index in [0.717, 1.165) is 79.6 Å². The fourth-order valence-corrected chi connectivity index (χ4v) is 4.25. The summed E-state index contributed by atoms with van der Waals surface area (Å²) >= 11 is 0. The van der Waals surface area contributed by atoms with E-state index in [9.17, 15) is 0 Å². The standard InChI is InChI=1S/C22H23N7/c1-2-19(29-9-7-23-8-10-29)26-13-15(1)21-25-6-3-17(28-21)18-11-16-12-24-14-22(4-5-22)20(16)27-18/h1-3,6,11-13,23-24H,4-5,7-10,14H2/i12D. The number of anilines is 1. The summed E-state index contributed by atoms with van der Waals surface area (Å²) in [4.78, 5) is 21.0. The van der Waals surface area contributed by atoms with Gasteiger partial charge in [-0.3, -0.25) is 0 Å². The Labute approximate surface area is 171 Å². The van der Waals surface area contributed by atoms with E-state index < -0.39 is 0 Å². The van der Waals surface area contributed by atoms with Gasteiger partial charge in [-0.25, -0.2) is 19.9 Å². The molecule has 7 heteroatoms. The molecule has 0 unspecified atom stereocenters. The zero-order valence-corrected chi connectivity index (χ0v) is 16.1. The first-order valence-electron chi connectivity index (χ1n) is 10.7. The molecule has 0 aromatic carbocycles. The monoisotopic (exact) mass is 386 g/mol. The minimum Gasteiger partial charge on any atom is -0.389 e. The second-order valence-electron chi connectivity index (χ2n) is 8.07. The van der Waals surface area contributed by atoms with Crippen LogP contribution in [0.5, 0.6) is 0 Å². The van der Waals surface area contributed by atoms with E-state index in [2.05, 4.69) is 25.5 Å². The molecule has 4 aliphatic rings. The van der Waals surface area contributed by atoms with E-state index in [1.165, 1.54) is 0 Å². The summed E-state index contributed by atoms with van der Waals surface area (Å²) in [5.41, 5.74) is 4.58. The molecule has 2 aromatic rings. The van der Waals surface area contributed by atoms with Crippen LogP contribution in [0.15, 0.2) is 53.4 Å². The lowest BCUT2D eigenvalue weighted by Gasteiger charge is -2.28. The van der Waals surface area contributed by atoms with E-state index >= 15 is 0 Å². The summed E-state index contributed by atoms with van der Waals surface area (Å²) in [5.74, 6) is 1.63. The molecule has 0 atom stereocenters. The molecule has 2 N–H and O–H groups in total. The highest BCUT2D eigenvalue weighted by Gasteiger charge is 2.50. The van der Waals surface area contributed by atoms with Gasteiger partial charge >= 0.3 is 0 Å². The molecule has 2 aromatic heterocycles. The second kappa shape index (κ2) is 6.49. The van der Waals surface area contributed by atoms with Gasteiger partial charge in [-0.05, 0) is 37.1 Å². The van der Waals surface area contributed by atoms with E-state index in [1.807, 2.05) is 30.5 Å². The predicted octanol–water partition coefficient (Wildman–Crippen LogP) is 2.01. The van der Waals surface area contributed by atoms with Crippen LogP contribution in [0, 0.1) is 5.41 Å². The van der Waals surface area contributed by atoms with Gasteiger partial charge in [0.25, 0.3) is 0 Å². The Balaban J connectivity index is 1.29. The fourth-order valence-electron chi connectivity index (χ4n) is 4.25. The van der Waals surface area contributed by atoms with Crippen LogP contribution in [0.3, 0.4) is 0 Å². The Morgan fingerprint density at radius 1 is 1.10 bits per heavy atom. The highest BCUT2D eigenvalue weighted by atomic mass is 15.2. The van der Waals surface area contributed by atoms with Gasteiger partial charge in [-0.1, -0.05) is 0 Å². The van der Waals surface area contributed by atoms with E-state index in [-0.39, 0.29) is 5.41 Å². The summed E-state index contributed by atoms with van der Waals surface area (Å²) in [6.07, 6.45) is 8.34. The molecule has 7 nitrogen and oxygen atoms in total. The van der Waals surface area contributed by atoms with Crippen LogP contribution < -0.4 is 15.5 Å². The van der Waals surface area contributed by atoms with Crippen LogP contribution >= 0.6 is 0 Å². The number of allylic oxidation sites excluding steroid dienone is 2. The van der Waals surface area contributed by atoms with Crippen molar-refractivity contribution in [2.24, 2.45) is 10.4 Å². The number of fused-ring (bicyclic) bond motifs is 2. The quantitative estimate of drug-likeness (QED) is 0.840. The number of hydrogen-bond donors (Lipinski definition) is 2. The number of aliphatic imine (C=N–C) groups is 1. The molecule has 3 aliphatic heterocycles. The van der Waals surface area contributed by atoms with Crippen molar-refractivity contribution in [1.82, 2.24) is 25.6 Å². The molecule has 2 fully saturated rings. The topological polar surface area (TPSA) is 78.3 Å². The summed E-state index contributed by atoms with van der Waals surface area (Å²) in [7, 11) is 0. The van der Waals surface area contributed by atoms with Crippen LogP contribution in [0.25, 0.3) is 17.1 Å². The molecule has 1 aliphatic carbocycles. The maximum Gasteiger partial charge on any atom is 0.161 e. The predicted molar refractivity (Wildman–Crippen MR) is 114 cm³/mol. The molecule has 1 spiro atoms. The summed E-state index contributed by atoms with van der Waals surface area (Å²) in [5, 5.41) is 6.58. The second-order valence-corrected chi connectivity index (χ2v) is 8.07. The molecule has 1 saturated carbocycles. The Kier molecular flexibility index (Phi) is 3.54. The van der Waals surface area contributed by atoms with Crippen molar-refractivity contribution in [3.63, 3.8) is 0 Å². The maximum atomic E-state index is 8.23. The molecule has 29 heavy (non-hydrogen) atoms. The molecule has 6 rings (SSSR count). The van der Waals surface area contributed by atoms with Gasteiger partial charge in [0.05, 0.1) is 18.5 Å². The van der Waals surface area contributed by atoms with Crippen molar-refractivity contribution in [3.8, 4) is 11.4 Å². The van der Waals surface area contributed by atoms with Gasteiger partial charge in [0, 0.05) is 67.8 Å². The molecule has 5 heterocycles. The average Bonchev–Trinajstić information content (AvgIpc) is 3.44. The van der Waals surface area contributed by atoms with Crippen LogP contribution in [0.4, 0.5) is 5.82 Å². The van der Waals surface area contributed by atoms with Gasteiger partial charge in [-0.15, -0.1) is 0 Å². The normalized spacial score (nSPS) is 22.6. The first kappa shape index (κ1) is 15.8. The largest absolute Gasteiger partial charge is 0.389 e. The van der Waals surface area contributed by atoms with Gasteiger partial charge in [0.1, 0.15) is 5.82 Å². The van der Waals surface area contributed by atoms with Crippen molar-refractivity contribution in [2.75, 3.05) is 37.6 Å². The molecule has 1 saturated heterocycles. The number of aromatic nitrogens is 3. The van der Waals surface area contributed by atoms with Crippen molar-refractivity contribution in [3.05, 3.63) is 54.1 Å². The smallest absolute Gasteiger partial charge is 0.161 e. The van der Waals surface area contributed by atoms with E-state index in [1.54, 1.807) is 6.20 Å². The van der Waals surface area contributed by atoms with Crippen LogP contribution in [0.1, 0.15) is 19.9 Å². The summed E-state index contributed by atoms with van der Waals surface area (Å²) < 4.78 is 8.23. The van der Waals surface area contributed by atoms with Gasteiger partial charge in [-0.2, -0.15) is 0 Å². The number of pyridine rings is 1. The lowest BCUT2D eigenvalue weighted by Crippen LogP contribution is -2.43. The third-order valence-electron chi connectivity index (χ3n) is 6.14. The van der Waals surface area contributed by atoms with E-state index in [4.69, 9.17) is 11.3 Å². The number of hydrogen-bond acceptors (Lipinski definition) is 7. The first-order chi connectivity index (χ1) is 14.7. The lowest BCUT2D eigenvalue weighted by atomic mass is 9.92. The van der Waals surface area contributed by atoms with E-state index in [0.29, 0.717) is 12.0 Å². The van der Waals surface area contributed by atoms with Crippen molar-refractivity contribution < 1.29 is 1.37 Å². The van der Waals surface area contributed by atoms with Crippen LogP contribution in [0.2, 0.25) is 0 Å². The molecular weight excluding hydrogens is 362 g/mol. The SMILES string of the molecule is [2H]C1=C2C=C(c3ccnc(-c4ccc(N5CCNCC5)nc4)n3)N=C2C2(CC2)CN1. The summed E-state index contributed by atoms with van der Waals surface area (Å²) in [6.45, 7) is 4.72.